The third-order valence-electron chi connectivity index (χ3n) is 5.29. The first kappa shape index (κ1) is 22.6. The van der Waals surface area contributed by atoms with Gasteiger partial charge in [-0.05, 0) is 56.5 Å². The SMILES string of the molecule is C=CCOc1ccc(C=CC(=O)OCC(=O)c2cc(C)n(CC3CCCO3)c2C)cc1. The van der Waals surface area contributed by atoms with Crippen LogP contribution in [0.3, 0.4) is 0 Å². The van der Waals surface area contributed by atoms with E-state index in [2.05, 4.69) is 11.1 Å². The van der Waals surface area contributed by atoms with Crippen molar-refractivity contribution in [3.05, 3.63) is 71.6 Å². The fourth-order valence-electron chi connectivity index (χ4n) is 3.61. The highest BCUT2D eigenvalue weighted by Crippen LogP contribution is 2.21. The maximum Gasteiger partial charge on any atom is 0.331 e. The van der Waals surface area contributed by atoms with Crippen LogP contribution in [0.1, 0.15) is 40.2 Å². The number of ketones is 1. The van der Waals surface area contributed by atoms with E-state index in [9.17, 15) is 9.59 Å². The molecular weight excluding hydrogens is 394 g/mol. The quantitative estimate of drug-likeness (QED) is 0.247. The Hall–Kier alpha value is -3.12. The lowest BCUT2D eigenvalue weighted by Gasteiger charge is -2.14. The Morgan fingerprint density at radius 3 is 2.71 bits per heavy atom. The Morgan fingerprint density at radius 1 is 1.26 bits per heavy atom. The molecule has 0 radical (unpaired) electrons. The van der Waals surface area contributed by atoms with E-state index < -0.39 is 5.97 Å². The number of aromatic nitrogens is 1. The lowest BCUT2D eigenvalue weighted by atomic mass is 10.1. The average Bonchev–Trinajstić information content (AvgIpc) is 3.39. The van der Waals surface area contributed by atoms with Crippen molar-refractivity contribution in [3.63, 3.8) is 0 Å². The monoisotopic (exact) mass is 423 g/mol. The summed E-state index contributed by atoms with van der Waals surface area (Å²) in [5.41, 5.74) is 3.29. The number of ether oxygens (including phenoxy) is 3. The van der Waals surface area contributed by atoms with Gasteiger partial charge in [0.1, 0.15) is 12.4 Å². The summed E-state index contributed by atoms with van der Waals surface area (Å²) in [5, 5.41) is 0. The summed E-state index contributed by atoms with van der Waals surface area (Å²) in [6.07, 6.45) is 6.93. The fourth-order valence-corrected chi connectivity index (χ4v) is 3.61. The van der Waals surface area contributed by atoms with Crippen molar-refractivity contribution >= 4 is 17.8 Å². The number of hydrogen-bond donors (Lipinski definition) is 0. The molecule has 31 heavy (non-hydrogen) atoms. The molecule has 0 amide bonds. The van der Waals surface area contributed by atoms with E-state index in [4.69, 9.17) is 14.2 Å². The second-order valence-corrected chi connectivity index (χ2v) is 7.56. The number of carbonyl (C=O) groups excluding carboxylic acids is 2. The summed E-state index contributed by atoms with van der Waals surface area (Å²) < 4.78 is 18.4. The van der Waals surface area contributed by atoms with Crippen molar-refractivity contribution in [2.45, 2.75) is 39.3 Å². The Bertz CT molecular complexity index is 949. The van der Waals surface area contributed by atoms with Gasteiger partial charge >= 0.3 is 5.97 Å². The van der Waals surface area contributed by atoms with Gasteiger partial charge in [0, 0.05) is 36.2 Å². The van der Waals surface area contributed by atoms with Gasteiger partial charge < -0.3 is 18.8 Å². The van der Waals surface area contributed by atoms with Gasteiger partial charge in [0.05, 0.1) is 6.10 Å². The molecule has 0 saturated carbocycles. The van der Waals surface area contributed by atoms with Gasteiger partial charge in [-0.15, -0.1) is 0 Å². The van der Waals surface area contributed by atoms with E-state index in [1.165, 1.54) is 6.08 Å². The molecular formula is C25H29NO5. The second-order valence-electron chi connectivity index (χ2n) is 7.56. The standard InChI is InChI=1S/C25H29NO5/c1-4-13-29-21-10-7-20(8-11-21)9-12-25(28)31-17-24(27)23-15-18(2)26(19(23)3)16-22-6-5-14-30-22/h4,7-12,15,22H,1,5-6,13-14,16-17H2,2-3H3. The van der Waals surface area contributed by atoms with Gasteiger partial charge in [-0.2, -0.15) is 0 Å². The van der Waals surface area contributed by atoms with Crippen molar-refractivity contribution in [1.29, 1.82) is 0 Å². The van der Waals surface area contributed by atoms with Crippen LogP contribution in [0.15, 0.2) is 49.1 Å². The third-order valence-corrected chi connectivity index (χ3v) is 5.29. The molecule has 1 atom stereocenters. The van der Waals surface area contributed by atoms with Crippen molar-refractivity contribution in [2.75, 3.05) is 19.8 Å². The van der Waals surface area contributed by atoms with E-state index >= 15 is 0 Å². The van der Waals surface area contributed by atoms with Crippen molar-refractivity contribution in [2.24, 2.45) is 0 Å². The molecule has 2 heterocycles. The number of Topliss-reactive ketones (excluding diaryl/α,β-unsaturated/α-hetero) is 1. The van der Waals surface area contributed by atoms with E-state index in [1.807, 2.05) is 44.2 Å². The minimum atomic E-state index is -0.562. The minimum absolute atomic E-state index is 0.193. The number of rotatable bonds is 10. The van der Waals surface area contributed by atoms with Gasteiger partial charge in [0.2, 0.25) is 5.78 Å². The molecule has 0 N–H and O–H groups in total. The molecule has 1 aliphatic rings. The lowest BCUT2D eigenvalue weighted by molar-refractivity contribution is -0.136. The van der Waals surface area contributed by atoms with E-state index in [1.54, 1.807) is 12.2 Å². The van der Waals surface area contributed by atoms with Crippen LogP contribution in [0.2, 0.25) is 0 Å². The Balaban J connectivity index is 1.52. The summed E-state index contributed by atoms with van der Waals surface area (Å²) in [5.74, 6) is -0.0482. The second kappa shape index (κ2) is 10.8. The molecule has 3 rings (SSSR count). The predicted octanol–water partition coefficient (Wildman–Crippen LogP) is 4.29. The van der Waals surface area contributed by atoms with Crippen molar-refractivity contribution < 1.29 is 23.8 Å². The minimum Gasteiger partial charge on any atom is -0.490 e. The number of carbonyl (C=O) groups is 2. The Labute approximate surface area is 183 Å². The molecule has 1 unspecified atom stereocenters. The van der Waals surface area contributed by atoms with Crippen LogP contribution in [0, 0.1) is 13.8 Å². The first-order chi connectivity index (χ1) is 15.0. The van der Waals surface area contributed by atoms with Gasteiger partial charge in [-0.25, -0.2) is 4.79 Å². The molecule has 1 saturated heterocycles. The summed E-state index contributed by atoms with van der Waals surface area (Å²) in [6.45, 7) is 9.18. The van der Waals surface area contributed by atoms with Crippen LogP contribution in [-0.2, 0) is 20.8 Å². The topological polar surface area (TPSA) is 66.8 Å². The van der Waals surface area contributed by atoms with E-state index in [-0.39, 0.29) is 18.5 Å². The van der Waals surface area contributed by atoms with Gasteiger partial charge in [-0.1, -0.05) is 24.8 Å². The molecule has 6 nitrogen and oxygen atoms in total. The highest BCUT2D eigenvalue weighted by molar-refractivity contribution is 6.00. The van der Waals surface area contributed by atoms with Gasteiger partial charge in [0.15, 0.2) is 6.61 Å². The zero-order chi connectivity index (χ0) is 22.2. The molecule has 1 aromatic heterocycles. The van der Waals surface area contributed by atoms with E-state index in [0.717, 1.165) is 48.7 Å². The third kappa shape index (κ3) is 6.18. The maximum atomic E-state index is 12.6. The van der Waals surface area contributed by atoms with Gasteiger partial charge in [-0.3, -0.25) is 4.79 Å². The Kier molecular flexibility index (Phi) is 7.84. The molecule has 1 fully saturated rings. The first-order valence-electron chi connectivity index (χ1n) is 10.5. The smallest absolute Gasteiger partial charge is 0.331 e. The number of aryl methyl sites for hydroxylation is 1. The molecule has 0 aliphatic carbocycles. The average molecular weight is 424 g/mol. The van der Waals surface area contributed by atoms with Crippen LogP contribution in [-0.4, -0.2) is 42.2 Å². The maximum absolute atomic E-state index is 12.6. The number of hydrogen-bond acceptors (Lipinski definition) is 5. The molecule has 1 aromatic carbocycles. The molecule has 0 spiro atoms. The van der Waals surface area contributed by atoms with E-state index in [0.29, 0.717) is 12.2 Å². The summed E-state index contributed by atoms with van der Waals surface area (Å²) in [7, 11) is 0. The Morgan fingerprint density at radius 2 is 2.03 bits per heavy atom. The summed E-state index contributed by atoms with van der Waals surface area (Å²) in [4.78, 5) is 24.6. The normalized spacial score (nSPS) is 15.9. The molecule has 1 aliphatic heterocycles. The molecule has 6 heteroatoms. The van der Waals surface area contributed by atoms with Gasteiger partial charge in [0.25, 0.3) is 0 Å². The number of benzene rings is 1. The molecule has 164 valence electrons. The lowest BCUT2D eigenvalue weighted by Crippen LogP contribution is -2.18. The molecule has 0 bridgehead atoms. The van der Waals surface area contributed by atoms with Crippen molar-refractivity contribution in [1.82, 2.24) is 4.57 Å². The zero-order valence-corrected chi connectivity index (χ0v) is 18.1. The summed E-state index contributed by atoms with van der Waals surface area (Å²) >= 11 is 0. The highest BCUT2D eigenvalue weighted by Gasteiger charge is 2.21. The summed E-state index contributed by atoms with van der Waals surface area (Å²) in [6, 6.07) is 9.13. The van der Waals surface area contributed by atoms with Crippen LogP contribution in [0.5, 0.6) is 5.75 Å². The van der Waals surface area contributed by atoms with Crippen LogP contribution in [0.4, 0.5) is 0 Å². The first-order valence-corrected chi connectivity index (χ1v) is 10.5. The molecule has 2 aromatic rings. The number of esters is 1. The van der Waals surface area contributed by atoms with Crippen molar-refractivity contribution in [3.8, 4) is 5.75 Å². The fraction of sp³-hybridized carbons (Fsp3) is 0.360. The van der Waals surface area contributed by atoms with Crippen LogP contribution in [0.25, 0.3) is 6.08 Å². The van der Waals surface area contributed by atoms with Crippen LogP contribution >= 0.6 is 0 Å². The highest BCUT2D eigenvalue weighted by atomic mass is 16.5. The van der Waals surface area contributed by atoms with Crippen LogP contribution < -0.4 is 4.74 Å². The zero-order valence-electron chi connectivity index (χ0n) is 18.1. The predicted molar refractivity (Wildman–Crippen MR) is 119 cm³/mol. The largest absolute Gasteiger partial charge is 0.490 e. The number of nitrogens with zero attached hydrogens (tertiary/aromatic N) is 1.